The molecule has 2 heterocycles. The number of allylic oxidation sites excluding steroid dienone is 2. The summed E-state index contributed by atoms with van der Waals surface area (Å²) in [6.45, 7) is 19.4. The number of aliphatic hydroxyl groups excluding tert-OH is 1. The number of aromatic nitrogens is 2. The second kappa shape index (κ2) is 18.2. The number of thiophene rings is 1. The second-order valence-electron chi connectivity index (χ2n) is 14.2. The van der Waals surface area contributed by atoms with Gasteiger partial charge in [0.05, 0.1) is 11.5 Å². The number of carbonyl (C=O) groups is 1. The summed E-state index contributed by atoms with van der Waals surface area (Å²) in [6.07, 6.45) is 7.70. The van der Waals surface area contributed by atoms with Gasteiger partial charge in [-0.25, -0.2) is 4.98 Å². The fraction of sp³-hybridized carbons (Fsp3) is 0.419. The molecule has 0 bridgehead atoms. The van der Waals surface area contributed by atoms with E-state index in [-0.39, 0.29) is 48.9 Å². The normalized spacial score (nSPS) is 12.0. The van der Waals surface area contributed by atoms with Gasteiger partial charge in [0.15, 0.2) is 5.78 Å². The Labute approximate surface area is 311 Å². The molecule has 0 saturated heterocycles. The molecule has 0 aliphatic rings. The number of hydrogen-bond donors (Lipinski definition) is 1. The number of hydrogen-bond acceptors (Lipinski definition) is 5. The molecule has 49 heavy (non-hydrogen) atoms. The van der Waals surface area contributed by atoms with Crippen LogP contribution in [0.15, 0.2) is 78.8 Å². The largest absolute Gasteiger partial charge is 0.512 e. The van der Waals surface area contributed by atoms with Crippen molar-refractivity contribution in [2.75, 3.05) is 0 Å². The molecule has 0 amide bonds. The maximum Gasteiger partial charge on any atom is 0.162 e. The maximum atomic E-state index is 11.7. The maximum absolute atomic E-state index is 11.7. The Morgan fingerprint density at radius 3 is 2.14 bits per heavy atom. The molecule has 1 radical (unpaired) electrons. The Kier molecular flexibility index (Phi) is 14.9. The van der Waals surface area contributed by atoms with Crippen molar-refractivity contribution in [2.24, 2.45) is 17.8 Å². The topological polar surface area (TPSA) is 63.1 Å². The van der Waals surface area contributed by atoms with E-state index in [1.165, 1.54) is 37.6 Å². The van der Waals surface area contributed by atoms with Crippen LogP contribution in [0, 0.1) is 23.8 Å². The first kappa shape index (κ1) is 40.3. The zero-order valence-electron chi connectivity index (χ0n) is 30.7. The molecule has 3 aromatic carbocycles. The van der Waals surface area contributed by atoms with Gasteiger partial charge in [0.1, 0.15) is 6.33 Å². The van der Waals surface area contributed by atoms with Crippen molar-refractivity contribution >= 4 is 38.0 Å². The van der Waals surface area contributed by atoms with E-state index in [9.17, 15) is 9.90 Å². The fourth-order valence-corrected chi connectivity index (χ4v) is 7.56. The third kappa shape index (κ3) is 10.2. The molecule has 0 aliphatic heterocycles. The quantitative estimate of drug-likeness (QED) is 0.0817. The molecule has 5 rings (SSSR count). The first-order valence-corrected chi connectivity index (χ1v) is 18.5. The molecule has 0 unspecified atom stereocenters. The van der Waals surface area contributed by atoms with E-state index in [1.54, 1.807) is 6.33 Å². The molecule has 4 nitrogen and oxygen atoms in total. The molecular weight excluding hydrogens is 801 g/mol. The minimum absolute atomic E-state index is 0. The average Bonchev–Trinajstić information content (AvgIpc) is 3.47. The first-order chi connectivity index (χ1) is 22.9. The second-order valence-corrected chi connectivity index (χ2v) is 15.4. The predicted molar refractivity (Wildman–Crippen MR) is 206 cm³/mol. The molecule has 6 heteroatoms. The van der Waals surface area contributed by atoms with Gasteiger partial charge in [-0.05, 0) is 61.6 Å². The van der Waals surface area contributed by atoms with Crippen LogP contribution in [0.25, 0.3) is 43.4 Å². The van der Waals surface area contributed by atoms with Gasteiger partial charge in [-0.3, -0.25) is 9.78 Å². The summed E-state index contributed by atoms with van der Waals surface area (Å²) in [5.74, 6) is 1.19. The summed E-state index contributed by atoms with van der Waals surface area (Å²) >= 11 is 1.89. The third-order valence-electron chi connectivity index (χ3n) is 9.11. The number of nitrogens with zero attached hydrogens (tertiary/aromatic N) is 2. The smallest absolute Gasteiger partial charge is 0.162 e. The number of fused-ring (bicyclic) bond motifs is 2. The van der Waals surface area contributed by atoms with Crippen LogP contribution in [-0.2, 0) is 36.7 Å². The summed E-state index contributed by atoms with van der Waals surface area (Å²) in [6, 6.07) is 25.3. The van der Waals surface area contributed by atoms with Crippen LogP contribution in [0.4, 0.5) is 0 Å². The molecule has 0 aliphatic carbocycles. The van der Waals surface area contributed by atoms with Crippen LogP contribution in [0.2, 0.25) is 0 Å². The molecule has 1 N–H and O–H groups in total. The zero-order chi connectivity index (χ0) is 35.0. The molecule has 0 atom stereocenters. The Hall–Kier alpha value is -3.18. The van der Waals surface area contributed by atoms with Gasteiger partial charge < -0.3 is 5.11 Å². The number of benzene rings is 3. The minimum atomic E-state index is 0. The number of ketones is 1. The van der Waals surface area contributed by atoms with E-state index in [2.05, 4.69) is 111 Å². The molecule has 5 aromatic rings. The first-order valence-electron chi connectivity index (χ1n) is 17.6. The van der Waals surface area contributed by atoms with Crippen LogP contribution in [0.1, 0.15) is 98.4 Å². The van der Waals surface area contributed by atoms with Gasteiger partial charge in [-0.2, -0.15) is 0 Å². The van der Waals surface area contributed by atoms with Crippen LogP contribution >= 0.6 is 11.3 Å². The van der Waals surface area contributed by atoms with Gasteiger partial charge in [-0.1, -0.05) is 104 Å². The van der Waals surface area contributed by atoms with E-state index in [0.29, 0.717) is 5.92 Å². The SMILES string of the molecule is CC(C)Cc1cc2c(-c3cc(-c4[c-]c5ccccc5c(C(C)(C)C)c4)ncn3)cccc2s1.CCC(CC)C(=O)/C=C(\O)C(CC)CC.[Ir]. The zero-order valence-corrected chi connectivity index (χ0v) is 33.9. The van der Waals surface area contributed by atoms with Crippen molar-refractivity contribution in [1.82, 2.24) is 9.97 Å². The van der Waals surface area contributed by atoms with E-state index >= 15 is 0 Å². The van der Waals surface area contributed by atoms with Crippen LogP contribution < -0.4 is 0 Å². The van der Waals surface area contributed by atoms with E-state index in [0.717, 1.165) is 54.4 Å². The Bertz CT molecular complexity index is 1860. The van der Waals surface area contributed by atoms with Gasteiger partial charge in [0.25, 0.3) is 0 Å². The van der Waals surface area contributed by atoms with Gasteiger partial charge in [-0.15, -0.1) is 40.5 Å². The van der Waals surface area contributed by atoms with Crippen LogP contribution in [0.5, 0.6) is 0 Å². The van der Waals surface area contributed by atoms with Crippen molar-refractivity contribution in [3.63, 3.8) is 0 Å². The molecule has 263 valence electrons. The van der Waals surface area contributed by atoms with Crippen molar-refractivity contribution < 1.29 is 30.0 Å². The number of rotatable bonds is 11. The average molecular weight is 854 g/mol. The van der Waals surface area contributed by atoms with E-state index in [4.69, 9.17) is 0 Å². The predicted octanol–water partition coefficient (Wildman–Crippen LogP) is 12.3. The third-order valence-corrected chi connectivity index (χ3v) is 10.2. The van der Waals surface area contributed by atoms with Crippen molar-refractivity contribution in [2.45, 2.75) is 99.8 Å². The monoisotopic (exact) mass is 854 g/mol. The fourth-order valence-electron chi connectivity index (χ4n) is 6.26. The molecule has 2 aromatic heterocycles. The van der Waals surface area contributed by atoms with Crippen molar-refractivity contribution in [3.05, 3.63) is 95.3 Å². The van der Waals surface area contributed by atoms with Gasteiger partial charge in [0.2, 0.25) is 0 Å². The van der Waals surface area contributed by atoms with Crippen molar-refractivity contribution in [3.8, 4) is 22.5 Å². The van der Waals surface area contributed by atoms with Crippen LogP contribution in [0.3, 0.4) is 0 Å². The Morgan fingerprint density at radius 2 is 1.51 bits per heavy atom. The van der Waals surface area contributed by atoms with Crippen molar-refractivity contribution in [1.29, 1.82) is 0 Å². The summed E-state index contributed by atoms with van der Waals surface area (Å²) < 4.78 is 1.32. The molecule has 0 saturated carbocycles. The van der Waals surface area contributed by atoms with Gasteiger partial charge >= 0.3 is 0 Å². The summed E-state index contributed by atoms with van der Waals surface area (Å²) in [4.78, 5) is 22.5. The van der Waals surface area contributed by atoms with Crippen LogP contribution in [-0.4, -0.2) is 20.9 Å². The number of aliphatic hydroxyl groups is 1. The summed E-state index contributed by atoms with van der Waals surface area (Å²) in [7, 11) is 0. The Balaban J connectivity index is 0.000000347. The number of carbonyl (C=O) groups excluding carboxylic acids is 1. The van der Waals surface area contributed by atoms with E-state index < -0.39 is 0 Å². The molecule has 0 fully saturated rings. The Morgan fingerprint density at radius 1 is 0.857 bits per heavy atom. The van der Waals surface area contributed by atoms with E-state index in [1.807, 2.05) is 39.0 Å². The minimum Gasteiger partial charge on any atom is -0.512 e. The van der Waals surface area contributed by atoms with Gasteiger partial charge in [0, 0.05) is 64.2 Å². The molecular formula is C43H53IrN2O2S-. The standard InChI is InChI=1S/C30H29N2S.C13H24O2.Ir/c1-19(2)13-22-16-25-24(11-8-12-29(25)33-22)28-17-27(31-18-32-28)21-14-20-9-6-7-10-23(20)26(15-21)30(3,4)5;1-5-10(6-2)12(14)9-13(15)11(7-3)8-4;/h6-12,15-19H,13H2,1-5H3;9-11,14H,5-8H2,1-4H3;/q-1;;/b;12-9-;. The molecule has 0 spiro atoms. The summed E-state index contributed by atoms with van der Waals surface area (Å²) in [5, 5.41) is 13.4. The summed E-state index contributed by atoms with van der Waals surface area (Å²) in [5.41, 5.74) is 5.38.